The van der Waals surface area contributed by atoms with Gasteiger partial charge in [-0.3, -0.25) is 0 Å². The zero-order valence-electron chi connectivity index (χ0n) is 38.7. The lowest BCUT2D eigenvalue weighted by atomic mass is 9.97. The van der Waals surface area contributed by atoms with E-state index in [4.69, 9.17) is 9.47 Å². The Morgan fingerprint density at radius 1 is 0.466 bits per heavy atom. The van der Waals surface area contributed by atoms with Crippen LogP contribution < -0.4 is 43.4 Å². The number of quaternary nitrogens is 2. The van der Waals surface area contributed by atoms with Crippen LogP contribution in [0.25, 0.3) is 11.1 Å². The summed E-state index contributed by atoms with van der Waals surface area (Å²) in [7, 11) is 9.52. The Balaban J connectivity index is 0.0000162. The van der Waals surface area contributed by atoms with Crippen LogP contribution in [-0.2, 0) is 12.8 Å². The molecule has 0 aromatic heterocycles. The van der Waals surface area contributed by atoms with E-state index in [2.05, 4.69) is 91.6 Å². The molecule has 0 saturated carbocycles. The first kappa shape index (κ1) is 56.4. The summed E-state index contributed by atoms with van der Waals surface area (Å²) < 4.78 is 15.1. The van der Waals surface area contributed by atoms with Crippen LogP contribution in [0.15, 0.2) is 61.7 Å². The minimum atomic E-state index is 0. The van der Waals surface area contributed by atoms with Gasteiger partial charge in [-0.1, -0.05) is 141 Å². The van der Waals surface area contributed by atoms with Gasteiger partial charge in [0.25, 0.3) is 0 Å². The molecule has 0 aliphatic carbocycles. The average Bonchev–Trinajstić information content (AvgIpc) is 3.17. The fourth-order valence-electron chi connectivity index (χ4n) is 8.05. The van der Waals surface area contributed by atoms with Crippen LogP contribution in [0.5, 0.6) is 11.5 Å². The Bertz CT molecular complexity index is 1310. The molecule has 0 spiro atoms. The Morgan fingerprint density at radius 3 is 1.31 bits per heavy atom. The lowest BCUT2D eigenvalue weighted by molar-refractivity contribution is -0.890. The number of nitrogens with zero attached hydrogens (tertiary/aromatic N) is 2. The number of halogens is 2. The molecule has 2 aromatic carbocycles. The number of hydrogen-bond donors (Lipinski definition) is 0. The number of benzene rings is 2. The normalized spacial score (nSPS) is 11.5. The fraction of sp³-hybridized carbons (Fsp3) is 0.692. The monoisotopic (exact) mass is 933 g/mol. The maximum Gasteiger partial charge on any atom is 0.127 e. The molecular weight excluding hydrogens is 844 g/mol. The van der Waals surface area contributed by atoms with Gasteiger partial charge in [-0.05, 0) is 79.5 Å². The molecule has 0 aliphatic rings. The zero-order valence-corrected chi connectivity index (χ0v) is 41.9. The van der Waals surface area contributed by atoms with Crippen LogP contribution >= 0.6 is 0 Å². The summed E-state index contributed by atoms with van der Waals surface area (Å²) in [6.45, 7) is 18.9. The third-order valence-electron chi connectivity index (χ3n) is 11.7. The van der Waals surface area contributed by atoms with Crippen molar-refractivity contribution in [1.82, 2.24) is 0 Å². The molecular formula is C52H90Br2N2O2. The second kappa shape index (κ2) is 35.0. The van der Waals surface area contributed by atoms with E-state index in [0.29, 0.717) is 0 Å². The average molecular weight is 935 g/mol. The van der Waals surface area contributed by atoms with Crippen LogP contribution in [0.4, 0.5) is 0 Å². The SMILES string of the molecule is C=CCc1ccc(OCCC[N+](C)(C)CCCCCCCCCCCC)c(-c2ccc(OCCC[N+](C)(C)CCCCCCCCCCCC)c(CC=C)c2)c1.[Br-].[Br-]. The van der Waals surface area contributed by atoms with E-state index < -0.39 is 0 Å². The van der Waals surface area contributed by atoms with Gasteiger partial charge < -0.3 is 52.4 Å². The van der Waals surface area contributed by atoms with Gasteiger partial charge in [-0.25, -0.2) is 0 Å². The lowest BCUT2D eigenvalue weighted by Crippen LogP contribution is -3.00. The van der Waals surface area contributed by atoms with Crippen LogP contribution in [0, 0.1) is 0 Å². The second-order valence-corrected chi connectivity index (χ2v) is 18.2. The van der Waals surface area contributed by atoms with Crippen LogP contribution in [0.1, 0.15) is 166 Å². The fourth-order valence-corrected chi connectivity index (χ4v) is 8.05. The molecule has 0 saturated heterocycles. The van der Waals surface area contributed by atoms with Crippen LogP contribution in [0.2, 0.25) is 0 Å². The number of ether oxygens (including phenoxy) is 2. The van der Waals surface area contributed by atoms with Crippen molar-refractivity contribution in [2.24, 2.45) is 0 Å². The van der Waals surface area contributed by atoms with Gasteiger partial charge in [0.2, 0.25) is 0 Å². The standard InChI is InChI=1S/C52H90N2O2.2BrH/c1-9-13-15-17-19-21-23-25-27-29-39-53(5,6)41-31-43-55-51-38-36-48(46-49(51)34-12-4)50-45-47(33-11-3)35-37-52(50)56-44-32-42-54(7,8)40-30-28-26-24-22-20-18-16-14-10-2;;/h11-12,35-38,45-46H,3-4,9-10,13-34,39-44H2,1-2,5-8H3;2*1H/q+2;;/p-2. The summed E-state index contributed by atoms with van der Waals surface area (Å²) in [4.78, 5) is 0. The Hall–Kier alpha value is -1.60. The molecule has 0 heterocycles. The van der Waals surface area contributed by atoms with E-state index in [9.17, 15) is 0 Å². The molecule has 0 amide bonds. The summed E-state index contributed by atoms with van der Waals surface area (Å²) in [5, 5.41) is 0. The Kier molecular flexibility index (Phi) is 34.1. The van der Waals surface area contributed by atoms with Gasteiger partial charge in [-0.15, -0.1) is 13.2 Å². The summed E-state index contributed by atoms with van der Waals surface area (Å²) >= 11 is 0. The summed E-state index contributed by atoms with van der Waals surface area (Å²) in [6, 6.07) is 13.3. The van der Waals surface area contributed by atoms with Crippen molar-refractivity contribution < 1.29 is 52.4 Å². The highest BCUT2D eigenvalue weighted by Gasteiger charge is 2.17. The van der Waals surface area contributed by atoms with E-state index in [0.717, 1.165) is 78.0 Å². The summed E-state index contributed by atoms with van der Waals surface area (Å²) in [5.74, 6) is 1.93. The van der Waals surface area contributed by atoms with E-state index in [-0.39, 0.29) is 34.0 Å². The number of rotatable bonds is 37. The molecule has 6 heteroatoms. The summed E-state index contributed by atoms with van der Waals surface area (Å²) in [5.41, 5.74) is 4.75. The van der Waals surface area contributed by atoms with Gasteiger partial charge in [0.15, 0.2) is 0 Å². The van der Waals surface area contributed by atoms with Gasteiger partial charge >= 0.3 is 0 Å². The third-order valence-corrected chi connectivity index (χ3v) is 11.7. The molecule has 0 radical (unpaired) electrons. The first-order valence-electron chi connectivity index (χ1n) is 23.5. The molecule has 4 nitrogen and oxygen atoms in total. The van der Waals surface area contributed by atoms with Crippen molar-refractivity contribution in [2.75, 3.05) is 67.6 Å². The Morgan fingerprint density at radius 2 is 0.862 bits per heavy atom. The maximum atomic E-state index is 6.55. The van der Waals surface area contributed by atoms with Gasteiger partial charge in [0, 0.05) is 18.4 Å². The van der Waals surface area contributed by atoms with Gasteiger partial charge in [0.05, 0.1) is 67.6 Å². The van der Waals surface area contributed by atoms with Crippen LogP contribution in [-0.4, -0.2) is 76.5 Å². The third kappa shape index (κ3) is 26.6. The number of allylic oxidation sites excluding steroid dienone is 2. The highest BCUT2D eigenvalue weighted by molar-refractivity contribution is 5.73. The van der Waals surface area contributed by atoms with E-state index in [1.807, 2.05) is 12.2 Å². The van der Waals surface area contributed by atoms with Gasteiger partial charge in [-0.2, -0.15) is 0 Å². The molecule has 2 rings (SSSR count). The maximum absolute atomic E-state index is 6.55. The highest BCUT2D eigenvalue weighted by Crippen LogP contribution is 2.35. The first-order valence-corrected chi connectivity index (χ1v) is 23.5. The van der Waals surface area contributed by atoms with Crippen molar-refractivity contribution in [2.45, 2.75) is 168 Å². The van der Waals surface area contributed by atoms with Crippen molar-refractivity contribution in [1.29, 1.82) is 0 Å². The Labute approximate surface area is 381 Å². The van der Waals surface area contributed by atoms with Gasteiger partial charge in [0.1, 0.15) is 11.5 Å². The van der Waals surface area contributed by atoms with E-state index in [1.165, 1.54) is 158 Å². The number of unbranched alkanes of at least 4 members (excludes halogenated alkanes) is 18. The topological polar surface area (TPSA) is 18.5 Å². The highest BCUT2D eigenvalue weighted by atomic mass is 79.9. The van der Waals surface area contributed by atoms with E-state index in [1.54, 1.807) is 0 Å². The minimum Gasteiger partial charge on any atom is -1.00 e. The minimum absolute atomic E-state index is 0. The molecule has 0 unspecified atom stereocenters. The molecule has 0 N–H and O–H groups in total. The predicted molar refractivity (Wildman–Crippen MR) is 247 cm³/mol. The van der Waals surface area contributed by atoms with Crippen molar-refractivity contribution in [3.05, 3.63) is 72.8 Å². The quantitative estimate of drug-likeness (QED) is 0.0386. The molecule has 0 fully saturated rings. The van der Waals surface area contributed by atoms with E-state index >= 15 is 0 Å². The molecule has 334 valence electrons. The molecule has 0 aliphatic heterocycles. The molecule has 2 aromatic rings. The largest absolute Gasteiger partial charge is 1.00 e. The number of hydrogen-bond acceptors (Lipinski definition) is 2. The predicted octanol–water partition coefficient (Wildman–Crippen LogP) is 8.35. The van der Waals surface area contributed by atoms with Crippen molar-refractivity contribution in [3.63, 3.8) is 0 Å². The summed E-state index contributed by atoms with van der Waals surface area (Å²) in [6.07, 6.45) is 35.5. The van der Waals surface area contributed by atoms with Crippen LogP contribution in [0.3, 0.4) is 0 Å². The molecule has 0 atom stereocenters. The lowest BCUT2D eigenvalue weighted by Gasteiger charge is -2.30. The molecule has 58 heavy (non-hydrogen) atoms. The first-order chi connectivity index (χ1) is 27.1. The molecule has 0 bridgehead atoms. The van der Waals surface area contributed by atoms with Crippen molar-refractivity contribution >= 4 is 0 Å². The smallest absolute Gasteiger partial charge is 0.127 e. The zero-order chi connectivity index (χ0) is 40.7. The van der Waals surface area contributed by atoms with Crippen molar-refractivity contribution in [3.8, 4) is 22.6 Å². The second-order valence-electron chi connectivity index (χ2n) is 18.2.